The number of hydrogen-bond acceptors (Lipinski definition) is 7. The minimum Gasteiger partial charge on any atom is -0.404 e. The second-order valence-electron chi connectivity index (χ2n) is 7.68. The predicted molar refractivity (Wildman–Crippen MR) is 116 cm³/mol. The van der Waals surface area contributed by atoms with Crippen LogP contribution in [0.4, 0.5) is 17.1 Å². The van der Waals surface area contributed by atoms with Gasteiger partial charge < -0.3 is 26.4 Å². The maximum absolute atomic E-state index is 5.89. The largest absolute Gasteiger partial charge is 0.404 e. The third kappa shape index (κ3) is 4.20. The van der Waals surface area contributed by atoms with Crippen LogP contribution in [-0.2, 0) is 4.74 Å². The van der Waals surface area contributed by atoms with Crippen LogP contribution in [0.2, 0.25) is 0 Å². The van der Waals surface area contributed by atoms with E-state index in [0.717, 1.165) is 80.7 Å². The average Bonchev–Trinajstić information content (AvgIpc) is 2.72. The van der Waals surface area contributed by atoms with E-state index in [1.165, 1.54) is 5.69 Å². The molecule has 2 aliphatic heterocycles. The van der Waals surface area contributed by atoms with Crippen molar-refractivity contribution in [2.75, 3.05) is 49.6 Å². The van der Waals surface area contributed by atoms with E-state index in [2.05, 4.69) is 28.4 Å². The van der Waals surface area contributed by atoms with Gasteiger partial charge in [0, 0.05) is 36.8 Å². The molecule has 7 heteroatoms. The van der Waals surface area contributed by atoms with Crippen molar-refractivity contribution in [3.8, 4) is 0 Å². The topological polar surface area (TPSA) is 101 Å². The molecule has 0 aromatic heterocycles. The van der Waals surface area contributed by atoms with Crippen molar-refractivity contribution in [3.05, 3.63) is 30.0 Å². The number of anilines is 2. The van der Waals surface area contributed by atoms with Crippen molar-refractivity contribution in [2.24, 2.45) is 27.4 Å². The molecule has 2 fully saturated rings. The summed E-state index contributed by atoms with van der Waals surface area (Å²) in [5.74, 6) is 0.733. The number of ether oxygens (including phenoxy) is 1. The maximum atomic E-state index is 5.89. The van der Waals surface area contributed by atoms with Crippen LogP contribution in [-0.4, -0.2) is 57.4 Å². The molecule has 2 heterocycles. The molecule has 1 aromatic carbocycles. The zero-order chi connectivity index (χ0) is 19.3. The van der Waals surface area contributed by atoms with E-state index in [9.17, 15) is 0 Å². The lowest BCUT2D eigenvalue weighted by atomic mass is 9.78. The van der Waals surface area contributed by atoms with Crippen LogP contribution >= 0.6 is 0 Å². The summed E-state index contributed by atoms with van der Waals surface area (Å²) in [6.45, 7) is 4.79. The lowest BCUT2D eigenvalue weighted by Gasteiger charge is -2.32. The van der Waals surface area contributed by atoms with E-state index in [1.807, 2.05) is 6.21 Å². The number of nitrogens with zero attached hydrogens (tertiary/aromatic N) is 3. The molecule has 0 unspecified atom stereocenters. The molecule has 1 aliphatic carbocycles. The lowest BCUT2D eigenvalue weighted by molar-refractivity contribution is 0.122. The Morgan fingerprint density at radius 1 is 1.32 bits per heavy atom. The summed E-state index contributed by atoms with van der Waals surface area (Å²) in [6.07, 6.45) is 6.85. The molecule has 7 nitrogen and oxygen atoms in total. The fourth-order valence-corrected chi connectivity index (χ4v) is 4.00. The first-order valence-electron chi connectivity index (χ1n) is 10.2. The second kappa shape index (κ2) is 8.75. The standard InChI is InChI=1S/C21H30N6O/c22-4-3-15-9-17(10-15)24-13-16(12-23)21-14-25-19-2-1-18(11-20(19)26-21)27-5-7-28-8-6-27/h1-2,11-13,15,17,25H,3-10,14,22-23H2. The molecule has 150 valence electrons. The van der Waals surface area contributed by atoms with Crippen LogP contribution in [0.15, 0.2) is 40.0 Å². The molecule has 3 aliphatic rings. The van der Waals surface area contributed by atoms with Gasteiger partial charge >= 0.3 is 0 Å². The van der Waals surface area contributed by atoms with Gasteiger partial charge in [0.25, 0.3) is 0 Å². The summed E-state index contributed by atoms with van der Waals surface area (Å²) in [5, 5.41) is 3.45. The van der Waals surface area contributed by atoms with E-state index < -0.39 is 0 Å². The Kier molecular flexibility index (Phi) is 5.92. The number of nitrogens with two attached hydrogens (primary N) is 2. The van der Waals surface area contributed by atoms with Gasteiger partial charge in [-0.3, -0.25) is 4.99 Å². The summed E-state index contributed by atoms with van der Waals surface area (Å²) < 4.78 is 5.45. The van der Waals surface area contributed by atoms with Crippen molar-refractivity contribution >= 4 is 29.0 Å². The third-order valence-corrected chi connectivity index (χ3v) is 5.78. The number of aliphatic imine (C=N–C) groups is 2. The molecule has 0 spiro atoms. The first kappa shape index (κ1) is 19.0. The minimum atomic E-state index is 0.392. The van der Waals surface area contributed by atoms with Crippen LogP contribution in [0.5, 0.6) is 0 Å². The third-order valence-electron chi connectivity index (χ3n) is 5.78. The van der Waals surface area contributed by atoms with Crippen LogP contribution in [0.3, 0.4) is 0 Å². The average molecular weight is 383 g/mol. The van der Waals surface area contributed by atoms with Crippen LogP contribution in [0.1, 0.15) is 19.3 Å². The fourth-order valence-electron chi connectivity index (χ4n) is 4.00. The van der Waals surface area contributed by atoms with Crippen LogP contribution in [0.25, 0.3) is 0 Å². The van der Waals surface area contributed by atoms with Gasteiger partial charge in [-0.15, -0.1) is 0 Å². The lowest BCUT2D eigenvalue weighted by Crippen LogP contribution is -2.36. The van der Waals surface area contributed by atoms with Crippen molar-refractivity contribution in [2.45, 2.75) is 25.3 Å². The monoisotopic (exact) mass is 382 g/mol. The summed E-state index contributed by atoms with van der Waals surface area (Å²) in [6, 6.07) is 6.78. The highest BCUT2D eigenvalue weighted by molar-refractivity contribution is 6.19. The van der Waals surface area contributed by atoms with Crippen molar-refractivity contribution in [1.29, 1.82) is 0 Å². The van der Waals surface area contributed by atoms with E-state index in [-0.39, 0.29) is 0 Å². The number of fused-ring (bicyclic) bond motifs is 1. The Hall–Kier alpha value is -2.38. The predicted octanol–water partition coefficient (Wildman–Crippen LogP) is 2.06. The highest BCUT2D eigenvalue weighted by Gasteiger charge is 2.27. The zero-order valence-corrected chi connectivity index (χ0v) is 16.3. The Balaban J connectivity index is 1.46. The molecule has 1 saturated carbocycles. The second-order valence-corrected chi connectivity index (χ2v) is 7.68. The SMILES string of the molecule is NC=C(C=NC1CC(CCN)C1)C1=Nc2cc(N3CCOCC3)ccc2NC1. The van der Waals surface area contributed by atoms with E-state index >= 15 is 0 Å². The zero-order valence-electron chi connectivity index (χ0n) is 16.3. The van der Waals surface area contributed by atoms with Gasteiger partial charge in [0.15, 0.2) is 0 Å². The Labute approximate surface area is 166 Å². The normalized spacial score (nSPS) is 25.1. The quantitative estimate of drug-likeness (QED) is 0.654. The molecular weight excluding hydrogens is 352 g/mol. The van der Waals surface area contributed by atoms with Gasteiger partial charge in [-0.1, -0.05) is 0 Å². The van der Waals surface area contributed by atoms with Crippen molar-refractivity contribution in [3.63, 3.8) is 0 Å². The van der Waals surface area contributed by atoms with Crippen LogP contribution in [0, 0.1) is 5.92 Å². The number of nitrogens with one attached hydrogen (secondary N) is 1. The Morgan fingerprint density at radius 2 is 2.14 bits per heavy atom. The van der Waals surface area contributed by atoms with Gasteiger partial charge in [0.05, 0.1) is 42.9 Å². The Bertz CT molecular complexity index is 775. The van der Waals surface area contributed by atoms with Crippen molar-refractivity contribution in [1.82, 2.24) is 0 Å². The number of hydrogen-bond donors (Lipinski definition) is 3. The van der Waals surface area contributed by atoms with Gasteiger partial charge in [-0.05, 0) is 49.9 Å². The highest BCUT2D eigenvalue weighted by Crippen LogP contribution is 2.34. The molecular formula is C21H30N6O. The van der Waals surface area contributed by atoms with Crippen LogP contribution < -0.4 is 21.7 Å². The molecule has 0 bridgehead atoms. The Morgan fingerprint density at radius 3 is 2.89 bits per heavy atom. The number of morpholine rings is 1. The number of benzene rings is 1. The van der Waals surface area contributed by atoms with Crippen molar-refractivity contribution < 1.29 is 4.74 Å². The van der Waals surface area contributed by atoms with Gasteiger partial charge in [-0.25, -0.2) is 4.99 Å². The molecule has 4 rings (SSSR count). The highest BCUT2D eigenvalue weighted by atomic mass is 16.5. The van der Waals surface area contributed by atoms with E-state index in [1.54, 1.807) is 6.20 Å². The van der Waals surface area contributed by atoms with E-state index in [0.29, 0.717) is 12.6 Å². The molecule has 1 aromatic rings. The molecule has 28 heavy (non-hydrogen) atoms. The minimum absolute atomic E-state index is 0.392. The first-order chi connectivity index (χ1) is 13.8. The molecule has 0 atom stereocenters. The van der Waals surface area contributed by atoms with Gasteiger partial charge in [0.1, 0.15) is 0 Å². The molecule has 5 N–H and O–H groups in total. The van der Waals surface area contributed by atoms with Gasteiger partial charge in [-0.2, -0.15) is 0 Å². The summed E-state index contributed by atoms with van der Waals surface area (Å²) >= 11 is 0. The number of rotatable bonds is 6. The first-order valence-corrected chi connectivity index (χ1v) is 10.2. The summed E-state index contributed by atoms with van der Waals surface area (Å²) in [4.78, 5) is 11.9. The molecule has 1 saturated heterocycles. The molecule has 0 radical (unpaired) electrons. The van der Waals surface area contributed by atoms with Gasteiger partial charge in [0.2, 0.25) is 0 Å². The smallest absolute Gasteiger partial charge is 0.0886 e. The molecule has 0 amide bonds. The fraction of sp³-hybridized carbons (Fsp3) is 0.524. The maximum Gasteiger partial charge on any atom is 0.0886 e. The van der Waals surface area contributed by atoms with E-state index in [4.69, 9.17) is 26.2 Å². The summed E-state index contributed by atoms with van der Waals surface area (Å²) in [5.41, 5.74) is 16.5. The summed E-state index contributed by atoms with van der Waals surface area (Å²) in [7, 11) is 0.